The highest BCUT2D eigenvalue weighted by atomic mass is 16.5. The molecular weight excluding hydrogens is 336 g/mol. The smallest absolute Gasteiger partial charge is 0.254 e. The van der Waals surface area contributed by atoms with Gasteiger partial charge >= 0.3 is 0 Å². The van der Waals surface area contributed by atoms with Crippen LogP contribution in [0.4, 0.5) is 0 Å². The van der Waals surface area contributed by atoms with Crippen LogP contribution in [0.2, 0.25) is 0 Å². The second-order valence-corrected chi connectivity index (χ2v) is 7.01. The Morgan fingerprint density at radius 1 is 0.963 bits per heavy atom. The Morgan fingerprint density at radius 3 is 2.41 bits per heavy atom. The van der Waals surface area contributed by atoms with Gasteiger partial charge in [-0.1, -0.05) is 43.2 Å². The van der Waals surface area contributed by atoms with Gasteiger partial charge < -0.3 is 9.64 Å². The van der Waals surface area contributed by atoms with Crippen molar-refractivity contribution in [2.24, 2.45) is 0 Å². The van der Waals surface area contributed by atoms with Crippen molar-refractivity contribution in [1.29, 1.82) is 0 Å². The van der Waals surface area contributed by atoms with Gasteiger partial charge in [0.05, 0.1) is 23.9 Å². The highest BCUT2D eigenvalue weighted by molar-refractivity contribution is 6.07. The lowest BCUT2D eigenvalue weighted by molar-refractivity contribution is 0.0763. The predicted molar refractivity (Wildman–Crippen MR) is 108 cm³/mol. The third-order valence-corrected chi connectivity index (χ3v) is 5.21. The fourth-order valence-corrected chi connectivity index (χ4v) is 3.71. The Morgan fingerprint density at radius 2 is 1.70 bits per heavy atom. The number of ether oxygens (including phenoxy) is 1. The zero-order valence-corrected chi connectivity index (χ0v) is 15.6. The average molecular weight is 360 g/mol. The first-order valence-corrected chi connectivity index (χ1v) is 9.60. The lowest BCUT2D eigenvalue weighted by Gasteiger charge is -2.21. The molecule has 4 nitrogen and oxygen atoms in total. The predicted octanol–water partition coefficient (Wildman–Crippen LogP) is 4.93. The van der Waals surface area contributed by atoms with Crippen molar-refractivity contribution >= 4 is 16.8 Å². The molecule has 0 saturated carbocycles. The zero-order chi connectivity index (χ0) is 18.6. The Balaban J connectivity index is 1.85. The van der Waals surface area contributed by atoms with Gasteiger partial charge in [-0.2, -0.15) is 0 Å². The topological polar surface area (TPSA) is 42.4 Å². The standard InChI is InChI=1S/C23H24N2O2/c1-27-18-11-12-21-19(15-18)20(23(26)25-13-7-2-3-8-14-25)16-22(24-21)17-9-5-4-6-10-17/h4-6,9-12,15-16H,2-3,7-8,13-14H2,1H3. The van der Waals surface area contributed by atoms with Crippen LogP contribution in [0.1, 0.15) is 36.0 Å². The number of carbonyl (C=O) groups is 1. The van der Waals surface area contributed by atoms with Crippen molar-refractivity contribution in [3.8, 4) is 17.0 Å². The quantitative estimate of drug-likeness (QED) is 0.665. The third-order valence-electron chi connectivity index (χ3n) is 5.21. The number of benzene rings is 2. The van der Waals surface area contributed by atoms with Crippen LogP contribution in [0.15, 0.2) is 54.6 Å². The van der Waals surface area contributed by atoms with E-state index in [1.165, 1.54) is 12.8 Å². The number of fused-ring (bicyclic) bond motifs is 1. The molecule has 0 radical (unpaired) electrons. The molecule has 0 aliphatic carbocycles. The summed E-state index contributed by atoms with van der Waals surface area (Å²) in [6, 6.07) is 17.7. The Kier molecular flexibility index (Phi) is 5.05. The molecule has 4 rings (SSSR count). The zero-order valence-electron chi connectivity index (χ0n) is 15.6. The maximum atomic E-state index is 13.4. The molecule has 4 heteroatoms. The van der Waals surface area contributed by atoms with E-state index in [-0.39, 0.29) is 5.91 Å². The van der Waals surface area contributed by atoms with E-state index in [4.69, 9.17) is 9.72 Å². The minimum Gasteiger partial charge on any atom is -0.497 e. The lowest BCUT2D eigenvalue weighted by atomic mass is 10.0. The van der Waals surface area contributed by atoms with Crippen molar-refractivity contribution in [1.82, 2.24) is 9.88 Å². The normalized spacial score (nSPS) is 14.8. The molecule has 1 fully saturated rings. The van der Waals surface area contributed by atoms with E-state index in [0.29, 0.717) is 5.56 Å². The van der Waals surface area contributed by atoms with Crippen molar-refractivity contribution in [2.75, 3.05) is 20.2 Å². The van der Waals surface area contributed by atoms with Gasteiger partial charge in [0.15, 0.2) is 0 Å². The molecule has 2 heterocycles. The minimum absolute atomic E-state index is 0.0923. The van der Waals surface area contributed by atoms with Gasteiger partial charge in [0.2, 0.25) is 0 Å². The summed E-state index contributed by atoms with van der Waals surface area (Å²) < 4.78 is 5.38. The van der Waals surface area contributed by atoms with Crippen LogP contribution in [-0.2, 0) is 0 Å². The molecule has 3 aromatic rings. The summed E-state index contributed by atoms with van der Waals surface area (Å²) in [5.74, 6) is 0.830. The second-order valence-electron chi connectivity index (χ2n) is 7.01. The van der Waals surface area contributed by atoms with Crippen LogP contribution in [0.3, 0.4) is 0 Å². The first kappa shape index (κ1) is 17.5. The van der Waals surface area contributed by atoms with E-state index in [1.807, 2.05) is 59.5 Å². The van der Waals surface area contributed by atoms with Crippen LogP contribution >= 0.6 is 0 Å². The number of amides is 1. The fourth-order valence-electron chi connectivity index (χ4n) is 3.71. The monoisotopic (exact) mass is 360 g/mol. The maximum Gasteiger partial charge on any atom is 0.254 e. The summed E-state index contributed by atoms with van der Waals surface area (Å²) in [5, 5.41) is 0.850. The summed E-state index contributed by atoms with van der Waals surface area (Å²) in [7, 11) is 1.64. The maximum absolute atomic E-state index is 13.4. The van der Waals surface area contributed by atoms with Crippen LogP contribution in [-0.4, -0.2) is 36.0 Å². The summed E-state index contributed by atoms with van der Waals surface area (Å²) in [4.78, 5) is 20.2. The van der Waals surface area contributed by atoms with E-state index in [1.54, 1.807) is 7.11 Å². The molecule has 0 unspecified atom stereocenters. The van der Waals surface area contributed by atoms with E-state index in [0.717, 1.165) is 53.8 Å². The van der Waals surface area contributed by atoms with Gasteiger partial charge in [-0.3, -0.25) is 4.79 Å². The van der Waals surface area contributed by atoms with Gasteiger partial charge in [-0.05, 0) is 37.1 Å². The third kappa shape index (κ3) is 3.65. The Labute approximate surface area is 159 Å². The molecular formula is C23H24N2O2. The number of nitrogens with zero attached hydrogens (tertiary/aromatic N) is 2. The van der Waals surface area contributed by atoms with E-state index in [9.17, 15) is 4.79 Å². The number of pyridine rings is 1. The summed E-state index contributed by atoms with van der Waals surface area (Å²) in [6.07, 6.45) is 4.54. The first-order valence-electron chi connectivity index (χ1n) is 9.60. The SMILES string of the molecule is COc1ccc2nc(-c3ccccc3)cc(C(=O)N3CCCCCC3)c2c1. The highest BCUT2D eigenvalue weighted by Gasteiger charge is 2.21. The van der Waals surface area contributed by atoms with E-state index >= 15 is 0 Å². The molecule has 0 bridgehead atoms. The molecule has 1 aliphatic rings. The molecule has 1 aromatic heterocycles. The van der Waals surface area contributed by atoms with Gasteiger partial charge in [0.1, 0.15) is 5.75 Å². The lowest BCUT2D eigenvalue weighted by Crippen LogP contribution is -2.32. The Bertz CT molecular complexity index is 945. The molecule has 1 aliphatic heterocycles. The van der Waals surface area contributed by atoms with Gasteiger partial charge in [-0.25, -0.2) is 4.98 Å². The van der Waals surface area contributed by atoms with Gasteiger partial charge in [-0.15, -0.1) is 0 Å². The molecule has 138 valence electrons. The number of carbonyl (C=O) groups excluding carboxylic acids is 1. The largest absolute Gasteiger partial charge is 0.497 e. The van der Waals surface area contributed by atoms with E-state index in [2.05, 4.69) is 0 Å². The second kappa shape index (κ2) is 7.78. The number of methoxy groups -OCH3 is 1. The Hall–Kier alpha value is -2.88. The van der Waals surface area contributed by atoms with Crippen LogP contribution in [0.25, 0.3) is 22.2 Å². The molecule has 0 N–H and O–H groups in total. The van der Waals surface area contributed by atoms with Gasteiger partial charge in [0.25, 0.3) is 5.91 Å². The van der Waals surface area contributed by atoms with Crippen molar-refractivity contribution in [3.63, 3.8) is 0 Å². The number of rotatable bonds is 3. The van der Waals surface area contributed by atoms with Crippen molar-refractivity contribution in [2.45, 2.75) is 25.7 Å². The highest BCUT2D eigenvalue weighted by Crippen LogP contribution is 2.29. The van der Waals surface area contributed by atoms with Crippen molar-refractivity contribution in [3.05, 3.63) is 60.2 Å². The number of aromatic nitrogens is 1. The molecule has 2 aromatic carbocycles. The molecule has 0 atom stereocenters. The molecule has 1 saturated heterocycles. The summed E-state index contributed by atoms with van der Waals surface area (Å²) >= 11 is 0. The summed E-state index contributed by atoms with van der Waals surface area (Å²) in [6.45, 7) is 1.65. The van der Waals surface area contributed by atoms with E-state index < -0.39 is 0 Å². The summed E-state index contributed by atoms with van der Waals surface area (Å²) in [5.41, 5.74) is 3.36. The number of hydrogen-bond acceptors (Lipinski definition) is 3. The number of hydrogen-bond donors (Lipinski definition) is 0. The molecule has 0 spiro atoms. The van der Waals surface area contributed by atoms with Crippen LogP contribution in [0.5, 0.6) is 5.75 Å². The van der Waals surface area contributed by atoms with Crippen molar-refractivity contribution < 1.29 is 9.53 Å². The number of likely N-dealkylation sites (tertiary alicyclic amines) is 1. The first-order chi connectivity index (χ1) is 13.3. The van der Waals surface area contributed by atoms with Gasteiger partial charge in [0, 0.05) is 24.0 Å². The molecule has 1 amide bonds. The fraction of sp³-hybridized carbons (Fsp3) is 0.304. The molecule has 27 heavy (non-hydrogen) atoms. The van der Waals surface area contributed by atoms with Crippen LogP contribution in [0, 0.1) is 0 Å². The minimum atomic E-state index is 0.0923. The van der Waals surface area contributed by atoms with Crippen LogP contribution < -0.4 is 4.74 Å². The average Bonchev–Trinajstić information content (AvgIpc) is 3.02.